The molecule has 1 atom stereocenters. The van der Waals surface area contributed by atoms with Crippen LogP contribution in [0, 0.1) is 5.92 Å². The molecular formula is C18H25N3O4S. The second-order valence-corrected chi connectivity index (χ2v) is 8.49. The van der Waals surface area contributed by atoms with Crippen molar-refractivity contribution >= 4 is 10.0 Å². The smallest absolute Gasteiger partial charge is 0.243 e. The van der Waals surface area contributed by atoms with Crippen LogP contribution < -0.4 is 0 Å². The van der Waals surface area contributed by atoms with Crippen LogP contribution in [-0.2, 0) is 21.2 Å². The molecule has 3 rings (SSSR count). The summed E-state index contributed by atoms with van der Waals surface area (Å²) in [5.41, 5.74) is 1.05. The molecule has 2 aromatic rings. The van der Waals surface area contributed by atoms with Gasteiger partial charge in [0, 0.05) is 32.6 Å². The van der Waals surface area contributed by atoms with Gasteiger partial charge in [0.2, 0.25) is 10.0 Å². The van der Waals surface area contributed by atoms with E-state index in [0.717, 1.165) is 12.0 Å². The molecule has 142 valence electrons. The van der Waals surface area contributed by atoms with E-state index in [1.807, 2.05) is 12.1 Å². The van der Waals surface area contributed by atoms with Gasteiger partial charge in [-0.3, -0.25) is 0 Å². The molecule has 1 saturated heterocycles. The third-order valence-corrected chi connectivity index (χ3v) is 6.81. The maximum absolute atomic E-state index is 12.8. The highest BCUT2D eigenvalue weighted by atomic mass is 32.2. The van der Waals surface area contributed by atoms with Gasteiger partial charge in [-0.25, -0.2) is 13.4 Å². The third-order valence-electron chi connectivity index (χ3n) is 4.90. The summed E-state index contributed by atoms with van der Waals surface area (Å²) < 4.78 is 32.2. The lowest BCUT2D eigenvalue weighted by molar-refractivity contribution is 0.0696. The first-order valence-corrected chi connectivity index (χ1v) is 10.2. The lowest BCUT2D eigenvalue weighted by Gasteiger charge is -2.33. The highest BCUT2D eigenvalue weighted by molar-refractivity contribution is 7.89. The Bertz CT molecular complexity index is 782. The van der Waals surface area contributed by atoms with Crippen molar-refractivity contribution in [1.29, 1.82) is 0 Å². The molecule has 7 nitrogen and oxygen atoms in total. The van der Waals surface area contributed by atoms with E-state index in [-0.39, 0.29) is 5.92 Å². The Kier molecular flexibility index (Phi) is 6.08. The quantitative estimate of drug-likeness (QED) is 0.764. The van der Waals surface area contributed by atoms with Gasteiger partial charge in [-0.05, 0) is 42.9 Å². The predicted molar refractivity (Wildman–Crippen MR) is 97.1 cm³/mol. The first kappa shape index (κ1) is 19.0. The van der Waals surface area contributed by atoms with Gasteiger partial charge in [0.25, 0.3) is 0 Å². The number of ether oxygens (including phenoxy) is 1. The summed E-state index contributed by atoms with van der Waals surface area (Å²) in [4.78, 5) is 7.32. The molecule has 0 aliphatic carbocycles. The van der Waals surface area contributed by atoms with Crippen molar-refractivity contribution in [3.8, 4) is 0 Å². The number of aromatic nitrogens is 2. The van der Waals surface area contributed by atoms with Crippen LogP contribution in [0.3, 0.4) is 0 Å². The summed E-state index contributed by atoms with van der Waals surface area (Å²) in [6, 6.07) is 6.98. The predicted octanol–water partition coefficient (Wildman–Crippen LogP) is 1.73. The van der Waals surface area contributed by atoms with Crippen LogP contribution in [0.25, 0.3) is 0 Å². The number of aromatic amines is 1. The number of hydrogen-bond donors (Lipinski definition) is 2. The van der Waals surface area contributed by atoms with Gasteiger partial charge in [0.15, 0.2) is 0 Å². The fraction of sp³-hybridized carbons (Fsp3) is 0.500. The number of methoxy groups -OCH3 is 1. The van der Waals surface area contributed by atoms with Crippen LogP contribution in [0.15, 0.2) is 41.6 Å². The molecule has 2 N–H and O–H groups in total. The zero-order valence-electron chi connectivity index (χ0n) is 14.8. The molecule has 26 heavy (non-hydrogen) atoms. The molecular weight excluding hydrogens is 354 g/mol. The zero-order chi connectivity index (χ0) is 18.6. The number of sulfonamides is 1. The molecule has 0 saturated carbocycles. The number of nitrogens with zero attached hydrogens (tertiary/aromatic N) is 2. The van der Waals surface area contributed by atoms with Gasteiger partial charge < -0.3 is 14.8 Å². The molecule has 1 fully saturated rings. The van der Waals surface area contributed by atoms with Gasteiger partial charge in [-0.2, -0.15) is 4.31 Å². The molecule has 0 amide bonds. The van der Waals surface area contributed by atoms with Crippen molar-refractivity contribution in [2.75, 3.05) is 26.8 Å². The number of aliphatic hydroxyl groups excluding tert-OH is 1. The van der Waals surface area contributed by atoms with E-state index in [4.69, 9.17) is 4.74 Å². The van der Waals surface area contributed by atoms with Crippen molar-refractivity contribution < 1.29 is 18.3 Å². The Hall–Kier alpha value is -1.74. The van der Waals surface area contributed by atoms with E-state index in [1.165, 1.54) is 4.31 Å². The minimum Gasteiger partial charge on any atom is -0.385 e. The Balaban J connectivity index is 1.62. The number of H-pyrrole nitrogens is 1. The molecule has 1 aromatic carbocycles. The van der Waals surface area contributed by atoms with Crippen molar-refractivity contribution in [2.45, 2.75) is 30.3 Å². The standard InChI is InChI=1S/C18H25N3O4S/c1-25-13-8-14-2-4-16(5-3-14)26(23,24)21-11-6-15(7-12-21)17(22)18-19-9-10-20-18/h2-5,9-10,15,17,22H,6-8,11-13H2,1H3,(H,19,20). The zero-order valence-corrected chi connectivity index (χ0v) is 15.7. The summed E-state index contributed by atoms with van der Waals surface area (Å²) in [6.07, 6.45) is 4.56. The van der Waals surface area contributed by atoms with Crippen LogP contribution >= 0.6 is 0 Å². The van der Waals surface area contributed by atoms with Crippen molar-refractivity contribution in [1.82, 2.24) is 14.3 Å². The van der Waals surface area contributed by atoms with Gasteiger partial charge >= 0.3 is 0 Å². The Morgan fingerprint density at radius 2 is 2.00 bits per heavy atom. The molecule has 1 aliphatic rings. The average Bonchev–Trinajstić information content (AvgIpc) is 3.21. The fourth-order valence-corrected chi connectivity index (χ4v) is 4.76. The summed E-state index contributed by atoms with van der Waals surface area (Å²) in [6.45, 7) is 1.41. The summed E-state index contributed by atoms with van der Waals surface area (Å²) in [5.74, 6) is 0.543. The van der Waals surface area contributed by atoms with E-state index < -0.39 is 16.1 Å². The van der Waals surface area contributed by atoms with Gasteiger partial charge in [-0.15, -0.1) is 0 Å². The van der Waals surface area contributed by atoms with Crippen molar-refractivity contribution in [3.63, 3.8) is 0 Å². The Morgan fingerprint density at radius 3 is 2.58 bits per heavy atom. The maximum Gasteiger partial charge on any atom is 0.243 e. The summed E-state index contributed by atoms with van der Waals surface area (Å²) >= 11 is 0. The molecule has 0 spiro atoms. The van der Waals surface area contributed by atoms with E-state index in [1.54, 1.807) is 31.6 Å². The second kappa shape index (κ2) is 8.30. The third kappa shape index (κ3) is 4.15. The van der Waals surface area contributed by atoms with Gasteiger partial charge in [0.1, 0.15) is 11.9 Å². The Labute approximate surface area is 154 Å². The number of nitrogens with one attached hydrogen (secondary N) is 1. The van der Waals surface area contributed by atoms with Crippen molar-refractivity contribution in [2.24, 2.45) is 5.92 Å². The molecule has 0 radical (unpaired) electrons. The number of piperidine rings is 1. The molecule has 1 aromatic heterocycles. The topological polar surface area (TPSA) is 95.5 Å². The van der Waals surface area contributed by atoms with Crippen LogP contribution in [0.1, 0.15) is 30.3 Å². The summed E-state index contributed by atoms with van der Waals surface area (Å²) in [5, 5.41) is 10.4. The normalized spacial score (nSPS) is 18.1. The fourth-order valence-electron chi connectivity index (χ4n) is 3.29. The number of benzene rings is 1. The van der Waals surface area contributed by atoms with E-state index in [0.29, 0.717) is 43.3 Å². The largest absolute Gasteiger partial charge is 0.385 e. The molecule has 1 aliphatic heterocycles. The number of imidazole rings is 1. The summed E-state index contributed by atoms with van der Waals surface area (Å²) in [7, 11) is -1.86. The lowest BCUT2D eigenvalue weighted by atomic mass is 9.92. The Morgan fingerprint density at radius 1 is 1.31 bits per heavy atom. The second-order valence-electron chi connectivity index (χ2n) is 6.55. The number of aliphatic hydroxyl groups is 1. The van der Waals surface area contributed by atoms with Crippen LogP contribution in [0.5, 0.6) is 0 Å². The number of hydrogen-bond acceptors (Lipinski definition) is 5. The average molecular weight is 379 g/mol. The minimum absolute atomic E-state index is 0.00372. The van der Waals surface area contributed by atoms with Crippen molar-refractivity contribution in [3.05, 3.63) is 48.0 Å². The monoisotopic (exact) mass is 379 g/mol. The number of rotatable bonds is 7. The highest BCUT2D eigenvalue weighted by Crippen LogP contribution is 2.31. The van der Waals surface area contributed by atoms with Crippen LogP contribution in [0.4, 0.5) is 0 Å². The minimum atomic E-state index is -3.51. The molecule has 2 heterocycles. The van der Waals surface area contributed by atoms with Gasteiger partial charge in [0.05, 0.1) is 11.5 Å². The van der Waals surface area contributed by atoms with Crippen LogP contribution in [-0.4, -0.2) is 54.6 Å². The van der Waals surface area contributed by atoms with E-state index in [9.17, 15) is 13.5 Å². The molecule has 1 unspecified atom stereocenters. The lowest BCUT2D eigenvalue weighted by Crippen LogP contribution is -2.39. The SMILES string of the molecule is COCCc1ccc(S(=O)(=O)N2CCC(C(O)c3ncc[nH]3)CC2)cc1. The highest BCUT2D eigenvalue weighted by Gasteiger charge is 2.33. The van der Waals surface area contributed by atoms with E-state index in [2.05, 4.69) is 9.97 Å². The molecule has 8 heteroatoms. The maximum atomic E-state index is 12.8. The first-order chi connectivity index (χ1) is 12.5. The molecule has 0 bridgehead atoms. The first-order valence-electron chi connectivity index (χ1n) is 8.77. The van der Waals surface area contributed by atoms with Gasteiger partial charge in [-0.1, -0.05) is 12.1 Å². The van der Waals surface area contributed by atoms with E-state index >= 15 is 0 Å². The van der Waals surface area contributed by atoms with Crippen LogP contribution in [0.2, 0.25) is 0 Å².